The molecule has 1 aromatic carbocycles. The molecule has 4 rings (SSSR count). The van der Waals surface area contributed by atoms with Gasteiger partial charge in [-0.2, -0.15) is 14.0 Å². The number of aromatic nitrogens is 1. The Labute approximate surface area is 156 Å². The molecule has 1 unspecified atom stereocenters. The Morgan fingerprint density at radius 2 is 2.07 bits per heavy atom. The van der Waals surface area contributed by atoms with E-state index in [9.17, 15) is 14.0 Å². The molecule has 0 radical (unpaired) electrons. The molecule has 2 fully saturated rings. The van der Waals surface area contributed by atoms with Crippen molar-refractivity contribution in [2.24, 2.45) is 5.92 Å². The number of nitrogens with zero attached hydrogens (tertiary/aromatic N) is 3. The number of halogens is 2. The normalized spacial score (nSPS) is 21.0. The highest BCUT2D eigenvalue weighted by Crippen LogP contribution is 2.36. The van der Waals surface area contributed by atoms with Crippen molar-refractivity contribution >= 4 is 16.6 Å². The lowest BCUT2D eigenvalue weighted by Crippen LogP contribution is -2.38. The van der Waals surface area contributed by atoms with Crippen LogP contribution in [0.1, 0.15) is 31.2 Å². The van der Waals surface area contributed by atoms with Gasteiger partial charge in [-0.05, 0) is 49.8 Å². The van der Waals surface area contributed by atoms with Gasteiger partial charge in [-0.1, -0.05) is 0 Å². The molecule has 142 valence electrons. The molecule has 3 heterocycles. The van der Waals surface area contributed by atoms with Crippen molar-refractivity contribution in [2.75, 3.05) is 24.6 Å². The minimum absolute atomic E-state index is 0.0740. The molecular formula is C20H21F2N3O2. The predicted molar refractivity (Wildman–Crippen MR) is 97.0 cm³/mol. The Bertz CT molecular complexity index is 854. The van der Waals surface area contributed by atoms with Crippen molar-refractivity contribution in [1.29, 1.82) is 5.26 Å². The second-order valence-electron chi connectivity index (χ2n) is 7.07. The molecule has 2 aliphatic heterocycles. The van der Waals surface area contributed by atoms with E-state index in [0.29, 0.717) is 28.5 Å². The number of ether oxygens (including phenoxy) is 2. The van der Waals surface area contributed by atoms with Crippen molar-refractivity contribution in [3.05, 3.63) is 30.0 Å². The molecule has 5 nitrogen and oxygen atoms in total. The summed E-state index contributed by atoms with van der Waals surface area (Å²) in [6.45, 7) is -0.429. The maximum atomic E-state index is 12.6. The average molecular weight is 373 g/mol. The zero-order chi connectivity index (χ0) is 18.8. The fourth-order valence-corrected chi connectivity index (χ4v) is 4.23. The monoisotopic (exact) mass is 373 g/mol. The lowest BCUT2D eigenvalue weighted by atomic mass is 9.89. The number of anilines is 1. The van der Waals surface area contributed by atoms with Crippen molar-refractivity contribution in [2.45, 2.75) is 38.4 Å². The number of hydrogen-bond acceptors (Lipinski definition) is 5. The van der Waals surface area contributed by atoms with Gasteiger partial charge in [0, 0.05) is 31.3 Å². The van der Waals surface area contributed by atoms with Crippen LogP contribution in [0, 0.1) is 17.2 Å². The van der Waals surface area contributed by atoms with Gasteiger partial charge >= 0.3 is 6.61 Å². The smallest absolute Gasteiger partial charge is 0.387 e. The summed E-state index contributed by atoms with van der Waals surface area (Å²) in [6, 6.07) is 6.87. The second kappa shape index (κ2) is 7.65. The molecule has 1 aromatic heterocycles. The number of alkyl halides is 2. The van der Waals surface area contributed by atoms with E-state index in [0.717, 1.165) is 51.1 Å². The second-order valence-corrected chi connectivity index (χ2v) is 7.07. The third-order valence-corrected chi connectivity index (χ3v) is 5.50. The lowest BCUT2D eigenvalue weighted by Gasteiger charge is -2.36. The summed E-state index contributed by atoms with van der Waals surface area (Å²) in [6.07, 6.45) is 6.14. The van der Waals surface area contributed by atoms with Crippen molar-refractivity contribution in [3.63, 3.8) is 0 Å². The van der Waals surface area contributed by atoms with E-state index < -0.39 is 6.61 Å². The van der Waals surface area contributed by atoms with Crippen molar-refractivity contribution in [3.8, 4) is 11.8 Å². The average Bonchev–Trinajstić information content (AvgIpc) is 3.21. The first-order valence-corrected chi connectivity index (χ1v) is 9.30. The number of nitriles is 1. The van der Waals surface area contributed by atoms with Crippen molar-refractivity contribution < 1.29 is 18.3 Å². The number of benzene rings is 1. The molecule has 2 aromatic rings. The molecule has 2 aliphatic rings. The van der Waals surface area contributed by atoms with E-state index in [1.54, 1.807) is 18.3 Å². The summed E-state index contributed by atoms with van der Waals surface area (Å²) in [4.78, 5) is 6.46. The summed E-state index contributed by atoms with van der Waals surface area (Å²) in [5.41, 5.74) is 1.87. The highest BCUT2D eigenvalue weighted by Gasteiger charge is 2.30. The largest absolute Gasteiger partial charge is 0.435 e. The van der Waals surface area contributed by atoms with Gasteiger partial charge in [-0.3, -0.25) is 4.98 Å². The number of rotatable bonds is 4. The van der Waals surface area contributed by atoms with E-state index in [4.69, 9.17) is 4.74 Å². The molecule has 2 saturated heterocycles. The Kier molecular flexibility index (Phi) is 5.08. The summed E-state index contributed by atoms with van der Waals surface area (Å²) in [5, 5.41) is 10.2. The number of piperidine rings is 1. The zero-order valence-electron chi connectivity index (χ0n) is 14.9. The molecule has 0 saturated carbocycles. The third-order valence-electron chi connectivity index (χ3n) is 5.50. The fourth-order valence-electron chi connectivity index (χ4n) is 4.23. The first kappa shape index (κ1) is 17.9. The number of hydrogen-bond donors (Lipinski definition) is 0. The lowest BCUT2D eigenvalue weighted by molar-refractivity contribution is -0.0497. The third kappa shape index (κ3) is 3.67. The van der Waals surface area contributed by atoms with Crippen LogP contribution < -0.4 is 9.64 Å². The molecule has 27 heavy (non-hydrogen) atoms. The van der Waals surface area contributed by atoms with Crippen molar-refractivity contribution in [1.82, 2.24) is 4.98 Å². The molecule has 7 heteroatoms. The number of fused-ring (bicyclic) bond motifs is 1. The quantitative estimate of drug-likeness (QED) is 0.807. The summed E-state index contributed by atoms with van der Waals surface area (Å²) < 4.78 is 35.6. The van der Waals surface area contributed by atoms with Gasteiger partial charge in [0.05, 0.1) is 22.9 Å². The number of pyridine rings is 1. The van der Waals surface area contributed by atoms with E-state index >= 15 is 0 Å². The van der Waals surface area contributed by atoms with Gasteiger partial charge in [0.2, 0.25) is 0 Å². The highest BCUT2D eigenvalue weighted by molar-refractivity contribution is 5.95. The fraction of sp³-hybridized carbons (Fsp3) is 0.500. The summed E-state index contributed by atoms with van der Waals surface area (Å²) >= 11 is 0. The first-order valence-electron chi connectivity index (χ1n) is 9.30. The Morgan fingerprint density at radius 3 is 2.74 bits per heavy atom. The van der Waals surface area contributed by atoms with Gasteiger partial charge in [0.1, 0.15) is 11.8 Å². The standard InChI is InChI=1S/C20H21F2N3O2/c21-20(22)27-15-3-4-17-16(10-15)19(14(11-23)12-24-17)25-7-5-13(6-8-25)18-2-1-9-26-18/h3-4,10,12-13,18,20H,1-2,5-9H2. The van der Waals surface area contributed by atoms with Crippen LogP contribution in [0.25, 0.3) is 10.9 Å². The topological polar surface area (TPSA) is 58.4 Å². The molecular weight excluding hydrogens is 352 g/mol. The maximum absolute atomic E-state index is 12.6. The Balaban J connectivity index is 1.64. The molecule has 0 bridgehead atoms. The van der Waals surface area contributed by atoms with Crippen LogP contribution in [-0.2, 0) is 4.74 Å². The summed E-state index contributed by atoms with van der Waals surface area (Å²) in [7, 11) is 0. The Morgan fingerprint density at radius 1 is 1.26 bits per heavy atom. The van der Waals surface area contributed by atoms with Gasteiger partial charge in [-0.15, -0.1) is 0 Å². The van der Waals surface area contributed by atoms with Crippen LogP contribution in [-0.4, -0.2) is 37.4 Å². The van der Waals surface area contributed by atoms with E-state index in [1.807, 2.05) is 0 Å². The molecule has 1 atom stereocenters. The van der Waals surface area contributed by atoms with Gasteiger partial charge < -0.3 is 14.4 Å². The van der Waals surface area contributed by atoms with Gasteiger partial charge in [-0.25, -0.2) is 0 Å². The van der Waals surface area contributed by atoms with Crippen LogP contribution in [0.15, 0.2) is 24.4 Å². The van der Waals surface area contributed by atoms with Crippen LogP contribution >= 0.6 is 0 Å². The van der Waals surface area contributed by atoms with Crippen LogP contribution in [0.3, 0.4) is 0 Å². The van der Waals surface area contributed by atoms with E-state index in [1.165, 1.54) is 6.07 Å². The first-order chi connectivity index (χ1) is 13.2. The molecule has 0 N–H and O–H groups in total. The van der Waals surface area contributed by atoms with Crippen LogP contribution in [0.2, 0.25) is 0 Å². The SMILES string of the molecule is N#Cc1cnc2ccc(OC(F)F)cc2c1N1CCC(C2CCCO2)CC1. The predicted octanol–water partition coefficient (Wildman–Crippen LogP) is 4.10. The molecule has 0 amide bonds. The van der Waals surface area contributed by atoms with Gasteiger partial charge in [0.25, 0.3) is 0 Å². The Hall–Kier alpha value is -2.46. The minimum Gasteiger partial charge on any atom is -0.435 e. The zero-order valence-corrected chi connectivity index (χ0v) is 14.9. The van der Waals surface area contributed by atoms with Gasteiger partial charge in [0.15, 0.2) is 0 Å². The van der Waals surface area contributed by atoms with Crippen LogP contribution in [0.5, 0.6) is 5.75 Å². The molecule has 0 spiro atoms. The minimum atomic E-state index is -2.89. The highest BCUT2D eigenvalue weighted by atomic mass is 19.3. The maximum Gasteiger partial charge on any atom is 0.387 e. The van der Waals surface area contributed by atoms with E-state index in [-0.39, 0.29) is 5.75 Å². The van der Waals surface area contributed by atoms with Crippen LogP contribution in [0.4, 0.5) is 14.5 Å². The van der Waals surface area contributed by atoms with E-state index in [2.05, 4.69) is 20.7 Å². The molecule has 0 aliphatic carbocycles. The summed E-state index contributed by atoms with van der Waals surface area (Å²) in [5.74, 6) is 0.616.